The van der Waals surface area contributed by atoms with Crippen molar-refractivity contribution in [3.05, 3.63) is 0 Å². The van der Waals surface area contributed by atoms with Crippen LogP contribution in [0, 0.1) is 0 Å². The second-order valence-corrected chi connectivity index (χ2v) is 10.6. The fourth-order valence-corrected chi connectivity index (χ4v) is 5.12. The Morgan fingerprint density at radius 3 is 2.08 bits per heavy atom. The zero-order chi connectivity index (χ0) is 18.3. The molecule has 1 heterocycles. The average Bonchev–Trinajstić information content (AvgIpc) is 3.36. The highest BCUT2D eigenvalue weighted by atomic mass is 32.2. The Balaban J connectivity index is 1.75. The number of hydrogen-bond donors (Lipinski definition) is 0. The third-order valence-corrected chi connectivity index (χ3v) is 6.09. The lowest BCUT2D eigenvalue weighted by atomic mass is 10.0. The van der Waals surface area contributed by atoms with Gasteiger partial charge in [0.2, 0.25) is 0 Å². The molecule has 1 aliphatic heterocycles. The molecule has 0 radical (unpaired) electrons. The van der Waals surface area contributed by atoms with Crippen LogP contribution in [0.15, 0.2) is 0 Å². The van der Waals surface area contributed by atoms with Crippen molar-refractivity contribution >= 4 is 20.2 Å². The lowest BCUT2D eigenvalue weighted by Crippen LogP contribution is -2.43. The van der Waals surface area contributed by atoms with Crippen LogP contribution < -0.4 is 0 Å². The molecule has 3 aliphatic rings. The van der Waals surface area contributed by atoms with E-state index in [0.717, 1.165) is 31.8 Å². The zero-order valence-corrected chi connectivity index (χ0v) is 16.2. The molecule has 10 heteroatoms. The largest absolute Gasteiger partial charge is 0.353 e. The van der Waals surface area contributed by atoms with Gasteiger partial charge in [-0.15, -0.1) is 0 Å². The second-order valence-electron chi connectivity index (χ2n) is 7.45. The number of ether oxygens (including phenoxy) is 2. The van der Waals surface area contributed by atoms with Crippen molar-refractivity contribution in [1.29, 1.82) is 0 Å². The van der Waals surface area contributed by atoms with Crippen LogP contribution >= 0.6 is 0 Å². The van der Waals surface area contributed by atoms with Crippen molar-refractivity contribution in [2.45, 2.75) is 75.0 Å². The van der Waals surface area contributed by atoms with Gasteiger partial charge in [-0.3, -0.25) is 8.37 Å². The van der Waals surface area contributed by atoms with Gasteiger partial charge in [-0.05, 0) is 44.9 Å². The summed E-state index contributed by atoms with van der Waals surface area (Å²) in [6.45, 7) is 0.600. The molecule has 2 saturated carbocycles. The minimum atomic E-state index is -3.66. The van der Waals surface area contributed by atoms with Gasteiger partial charge in [0.15, 0.2) is 6.29 Å². The maximum atomic E-state index is 11.7. The zero-order valence-electron chi connectivity index (χ0n) is 14.6. The Morgan fingerprint density at radius 2 is 1.64 bits per heavy atom. The highest BCUT2D eigenvalue weighted by Gasteiger charge is 2.60. The Hall–Kier alpha value is -0.260. The summed E-state index contributed by atoms with van der Waals surface area (Å²) in [5.74, 6) is 0. The Labute approximate surface area is 149 Å². The van der Waals surface area contributed by atoms with Gasteiger partial charge in [0.25, 0.3) is 20.2 Å². The first-order chi connectivity index (χ1) is 11.5. The fraction of sp³-hybridized carbons (Fsp3) is 1.00. The summed E-state index contributed by atoms with van der Waals surface area (Å²) < 4.78 is 68.7. The lowest BCUT2D eigenvalue weighted by Gasteiger charge is -2.34. The molecular weight excluding hydrogens is 372 g/mol. The van der Waals surface area contributed by atoms with Crippen molar-refractivity contribution < 1.29 is 34.7 Å². The minimum Gasteiger partial charge on any atom is -0.353 e. The lowest BCUT2D eigenvalue weighted by molar-refractivity contribution is -0.213. The first-order valence-corrected chi connectivity index (χ1v) is 12.2. The van der Waals surface area contributed by atoms with Crippen molar-refractivity contribution in [2.24, 2.45) is 0 Å². The number of rotatable bonds is 9. The minimum absolute atomic E-state index is 0.273. The molecule has 2 atom stereocenters. The molecule has 146 valence electrons. The number of hydrogen-bond acceptors (Lipinski definition) is 8. The van der Waals surface area contributed by atoms with Crippen LogP contribution in [-0.4, -0.2) is 59.6 Å². The van der Waals surface area contributed by atoms with E-state index in [1.165, 1.54) is 0 Å². The first kappa shape index (κ1) is 19.5. The third kappa shape index (κ3) is 5.61. The summed E-state index contributed by atoms with van der Waals surface area (Å²) in [5.41, 5.74) is -1.76. The maximum absolute atomic E-state index is 11.7. The predicted molar refractivity (Wildman–Crippen MR) is 88.9 cm³/mol. The van der Waals surface area contributed by atoms with Gasteiger partial charge >= 0.3 is 0 Å². The second kappa shape index (κ2) is 6.72. The molecule has 0 amide bonds. The van der Waals surface area contributed by atoms with Crippen LogP contribution in [0.2, 0.25) is 0 Å². The van der Waals surface area contributed by atoms with Crippen LogP contribution in [0.25, 0.3) is 0 Å². The molecule has 1 unspecified atom stereocenters. The van der Waals surface area contributed by atoms with E-state index in [-0.39, 0.29) is 6.42 Å². The van der Waals surface area contributed by atoms with Crippen molar-refractivity contribution in [3.63, 3.8) is 0 Å². The summed E-state index contributed by atoms with van der Waals surface area (Å²) in [7, 11) is -7.26. The highest BCUT2D eigenvalue weighted by molar-refractivity contribution is 7.86. The Bertz CT molecular complexity index is 685. The molecule has 0 N–H and O–H groups in total. The molecule has 8 nitrogen and oxygen atoms in total. The van der Waals surface area contributed by atoms with Gasteiger partial charge in [0.1, 0.15) is 5.60 Å². The topological polar surface area (TPSA) is 105 Å². The van der Waals surface area contributed by atoms with Crippen LogP contribution in [0.1, 0.15) is 51.4 Å². The predicted octanol–water partition coefficient (Wildman–Crippen LogP) is 1.31. The van der Waals surface area contributed by atoms with E-state index in [0.29, 0.717) is 32.3 Å². The maximum Gasteiger partial charge on any atom is 0.265 e. The smallest absolute Gasteiger partial charge is 0.265 e. The van der Waals surface area contributed by atoms with Crippen LogP contribution in [0.5, 0.6) is 0 Å². The Kier molecular flexibility index (Phi) is 5.24. The molecular formula is C15H26O8S2. The summed E-state index contributed by atoms with van der Waals surface area (Å²) in [6, 6.07) is 0. The van der Waals surface area contributed by atoms with Crippen molar-refractivity contribution in [1.82, 2.24) is 0 Å². The Morgan fingerprint density at radius 1 is 1.00 bits per heavy atom. The SMILES string of the molecule is CS(=O)(=O)OC1(C[C@@H](OC2CCCCO2)C2(OS(C)(=O)=O)CC2)CC1. The van der Waals surface area contributed by atoms with Crippen LogP contribution in [-0.2, 0) is 38.1 Å². The monoisotopic (exact) mass is 398 g/mol. The van der Waals surface area contributed by atoms with Gasteiger partial charge in [0.05, 0.1) is 24.2 Å². The molecule has 2 aliphatic carbocycles. The van der Waals surface area contributed by atoms with E-state index < -0.39 is 43.8 Å². The molecule has 0 aromatic heterocycles. The van der Waals surface area contributed by atoms with E-state index in [9.17, 15) is 16.8 Å². The van der Waals surface area contributed by atoms with Crippen LogP contribution in [0.3, 0.4) is 0 Å². The van der Waals surface area contributed by atoms with Gasteiger partial charge < -0.3 is 9.47 Å². The summed E-state index contributed by atoms with van der Waals surface area (Å²) >= 11 is 0. The van der Waals surface area contributed by atoms with Gasteiger partial charge in [-0.2, -0.15) is 16.8 Å². The third-order valence-electron chi connectivity index (χ3n) is 4.79. The van der Waals surface area contributed by atoms with E-state index in [1.54, 1.807) is 0 Å². The molecule has 0 spiro atoms. The van der Waals surface area contributed by atoms with E-state index in [2.05, 4.69) is 0 Å². The van der Waals surface area contributed by atoms with E-state index in [4.69, 9.17) is 17.8 Å². The molecule has 0 bridgehead atoms. The molecule has 3 rings (SSSR count). The molecule has 0 aromatic carbocycles. The van der Waals surface area contributed by atoms with Crippen molar-refractivity contribution in [3.8, 4) is 0 Å². The first-order valence-electron chi connectivity index (χ1n) is 8.59. The average molecular weight is 398 g/mol. The quantitative estimate of drug-likeness (QED) is 0.535. The summed E-state index contributed by atoms with van der Waals surface area (Å²) in [4.78, 5) is 0. The van der Waals surface area contributed by atoms with E-state index >= 15 is 0 Å². The molecule has 1 saturated heterocycles. The fourth-order valence-electron chi connectivity index (χ4n) is 3.36. The standard InChI is InChI=1S/C15H26O8S2/c1-24(16,17)22-14(6-7-14)11-12(21-13-5-3-4-10-20-13)15(8-9-15)23-25(2,18)19/h12-13H,3-11H2,1-2H3/t12-,13?/m1/s1. The summed E-state index contributed by atoms with van der Waals surface area (Å²) in [5, 5.41) is 0. The van der Waals surface area contributed by atoms with Crippen LogP contribution in [0.4, 0.5) is 0 Å². The van der Waals surface area contributed by atoms with Gasteiger partial charge in [-0.25, -0.2) is 0 Å². The van der Waals surface area contributed by atoms with Gasteiger partial charge in [0, 0.05) is 13.0 Å². The molecule has 3 fully saturated rings. The molecule has 25 heavy (non-hydrogen) atoms. The van der Waals surface area contributed by atoms with Gasteiger partial charge in [-0.1, -0.05) is 0 Å². The van der Waals surface area contributed by atoms with E-state index in [1.807, 2.05) is 0 Å². The summed E-state index contributed by atoms with van der Waals surface area (Å²) in [6.07, 6.45) is 6.26. The highest BCUT2D eigenvalue weighted by Crippen LogP contribution is 2.53. The normalized spacial score (nSPS) is 29.1. The van der Waals surface area contributed by atoms with Crippen molar-refractivity contribution in [2.75, 3.05) is 19.1 Å². The molecule has 0 aromatic rings.